The van der Waals surface area contributed by atoms with Crippen LogP contribution in [0.25, 0.3) is 0 Å². The molecule has 2 unspecified atom stereocenters. The number of rotatable bonds is 4. The number of pyridine rings is 1. The molecular weight excluding hydrogens is 334 g/mol. The van der Waals surface area contributed by atoms with E-state index in [-0.39, 0.29) is 6.04 Å². The van der Waals surface area contributed by atoms with Crippen LogP contribution in [-0.4, -0.2) is 16.8 Å². The first-order chi connectivity index (χ1) is 9.78. The zero-order valence-corrected chi connectivity index (χ0v) is 13.3. The molecule has 20 heavy (non-hydrogen) atoms. The average molecular weight is 350 g/mol. The van der Waals surface area contributed by atoms with Crippen LogP contribution < -0.4 is 11.3 Å². The van der Waals surface area contributed by atoms with Crippen molar-refractivity contribution < 1.29 is 0 Å². The Bertz CT molecular complexity index is 605. The van der Waals surface area contributed by atoms with Crippen LogP contribution in [0.4, 0.5) is 0 Å². The second kappa shape index (κ2) is 6.26. The highest BCUT2D eigenvalue weighted by molar-refractivity contribution is 9.10. The van der Waals surface area contributed by atoms with Gasteiger partial charge >= 0.3 is 0 Å². The second-order valence-electron chi connectivity index (χ2n) is 4.94. The van der Waals surface area contributed by atoms with Gasteiger partial charge in [0.1, 0.15) is 0 Å². The molecule has 0 saturated carbocycles. The first kappa shape index (κ1) is 14.1. The van der Waals surface area contributed by atoms with E-state index in [1.54, 1.807) is 6.20 Å². The number of aromatic nitrogens is 1. The van der Waals surface area contributed by atoms with E-state index in [0.717, 1.165) is 16.6 Å². The van der Waals surface area contributed by atoms with Crippen molar-refractivity contribution in [2.75, 3.05) is 5.75 Å². The lowest BCUT2D eigenvalue weighted by Gasteiger charge is -2.23. The van der Waals surface area contributed by atoms with Gasteiger partial charge in [-0.3, -0.25) is 16.3 Å². The topological polar surface area (TPSA) is 50.9 Å². The molecule has 5 heteroatoms. The standard InChI is InChI=1S/C15H16BrN3S/c16-11-5-10(7-18-8-11)6-14(19-17)13-9-20-15-4-2-1-3-12(13)15/h1-5,7-8,13-14,19H,6,9,17H2. The molecule has 3 rings (SSSR count). The van der Waals surface area contributed by atoms with Gasteiger partial charge in [-0.2, -0.15) is 0 Å². The first-order valence-corrected chi connectivity index (χ1v) is 8.33. The Kier molecular flexibility index (Phi) is 4.41. The fourth-order valence-electron chi connectivity index (χ4n) is 2.66. The van der Waals surface area contributed by atoms with Crippen molar-refractivity contribution in [3.8, 4) is 0 Å². The SMILES string of the molecule is NNC(Cc1cncc(Br)c1)C1CSc2ccccc21. The minimum absolute atomic E-state index is 0.224. The number of nitrogens with one attached hydrogen (secondary N) is 1. The molecule has 1 aliphatic heterocycles. The molecule has 0 fully saturated rings. The predicted octanol–water partition coefficient (Wildman–Crippen LogP) is 3.11. The Balaban J connectivity index is 1.81. The smallest absolute Gasteiger partial charge is 0.0410 e. The highest BCUT2D eigenvalue weighted by Crippen LogP contribution is 2.41. The molecule has 0 saturated heterocycles. The highest BCUT2D eigenvalue weighted by atomic mass is 79.9. The van der Waals surface area contributed by atoms with Crippen molar-refractivity contribution in [3.05, 3.63) is 58.3 Å². The quantitative estimate of drug-likeness (QED) is 0.657. The van der Waals surface area contributed by atoms with Gasteiger partial charge in [-0.15, -0.1) is 11.8 Å². The van der Waals surface area contributed by atoms with Crippen molar-refractivity contribution in [3.63, 3.8) is 0 Å². The van der Waals surface area contributed by atoms with Crippen LogP contribution in [0.1, 0.15) is 17.0 Å². The van der Waals surface area contributed by atoms with E-state index < -0.39 is 0 Å². The summed E-state index contributed by atoms with van der Waals surface area (Å²) in [7, 11) is 0. The maximum absolute atomic E-state index is 5.80. The van der Waals surface area contributed by atoms with E-state index in [2.05, 4.69) is 56.7 Å². The summed E-state index contributed by atoms with van der Waals surface area (Å²) < 4.78 is 1.01. The number of fused-ring (bicyclic) bond motifs is 1. The third-order valence-electron chi connectivity index (χ3n) is 3.65. The van der Waals surface area contributed by atoms with Gasteiger partial charge in [0.15, 0.2) is 0 Å². The van der Waals surface area contributed by atoms with Crippen molar-refractivity contribution in [1.82, 2.24) is 10.4 Å². The molecule has 2 heterocycles. The van der Waals surface area contributed by atoms with Crippen LogP contribution in [-0.2, 0) is 6.42 Å². The Hall–Kier alpha value is -0.880. The van der Waals surface area contributed by atoms with Gasteiger partial charge < -0.3 is 0 Å². The zero-order chi connectivity index (χ0) is 13.9. The fraction of sp³-hybridized carbons (Fsp3) is 0.267. The van der Waals surface area contributed by atoms with Crippen LogP contribution >= 0.6 is 27.7 Å². The number of nitrogens with two attached hydrogens (primary N) is 1. The molecule has 1 aromatic carbocycles. The first-order valence-electron chi connectivity index (χ1n) is 6.55. The molecule has 0 amide bonds. The minimum Gasteiger partial charge on any atom is -0.271 e. The lowest BCUT2D eigenvalue weighted by molar-refractivity contribution is 0.462. The largest absolute Gasteiger partial charge is 0.271 e. The predicted molar refractivity (Wildman–Crippen MR) is 86.7 cm³/mol. The molecular formula is C15H16BrN3S. The van der Waals surface area contributed by atoms with E-state index in [9.17, 15) is 0 Å². The summed E-state index contributed by atoms with van der Waals surface area (Å²) in [4.78, 5) is 5.60. The summed E-state index contributed by atoms with van der Waals surface area (Å²) in [5, 5.41) is 0. The molecule has 0 aliphatic carbocycles. The van der Waals surface area contributed by atoms with Gasteiger partial charge in [-0.05, 0) is 45.6 Å². The summed E-state index contributed by atoms with van der Waals surface area (Å²) in [6.07, 6.45) is 4.58. The van der Waals surface area contributed by atoms with Gasteiger partial charge in [-0.1, -0.05) is 18.2 Å². The van der Waals surface area contributed by atoms with Crippen molar-refractivity contribution in [2.45, 2.75) is 23.3 Å². The van der Waals surface area contributed by atoms with Crippen LogP contribution in [0, 0.1) is 0 Å². The number of hydrogen-bond acceptors (Lipinski definition) is 4. The van der Waals surface area contributed by atoms with E-state index in [0.29, 0.717) is 5.92 Å². The number of halogens is 1. The van der Waals surface area contributed by atoms with Gasteiger partial charge in [0.2, 0.25) is 0 Å². The molecule has 104 valence electrons. The Labute approximate surface area is 131 Å². The number of hydrazine groups is 1. The third kappa shape index (κ3) is 2.91. The molecule has 1 aromatic heterocycles. The molecule has 2 atom stereocenters. The maximum Gasteiger partial charge on any atom is 0.0410 e. The Morgan fingerprint density at radius 2 is 2.25 bits per heavy atom. The maximum atomic E-state index is 5.80. The Morgan fingerprint density at radius 3 is 3.05 bits per heavy atom. The van der Waals surface area contributed by atoms with E-state index >= 15 is 0 Å². The molecule has 0 radical (unpaired) electrons. The lowest BCUT2D eigenvalue weighted by Crippen LogP contribution is -2.41. The lowest BCUT2D eigenvalue weighted by atomic mass is 9.90. The molecule has 0 spiro atoms. The normalized spacial score (nSPS) is 18.8. The van der Waals surface area contributed by atoms with Crippen LogP contribution in [0.15, 0.2) is 52.1 Å². The van der Waals surface area contributed by atoms with Gasteiger partial charge in [0.25, 0.3) is 0 Å². The van der Waals surface area contributed by atoms with Crippen molar-refractivity contribution in [2.24, 2.45) is 5.84 Å². The summed E-state index contributed by atoms with van der Waals surface area (Å²) >= 11 is 5.38. The molecule has 3 N–H and O–H groups in total. The minimum atomic E-state index is 0.224. The van der Waals surface area contributed by atoms with Crippen molar-refractivity contribution >= 4 is 27.7 Å². The molecule has 3 nitrogen and oxygen atoms in total. The van der Waals surface area contributed by atoms with Crippen molar-refractivity contribution in [1.29, 1.82) is 0 Å². The monoisotopic (exact) mass is 349 g/mol. The Morgan fingerprint density at radius 1 is 1.40 bits per heavy atom. The van der Waals surface area contributed by atoms with Crippen LogP contribution in [0.2, 0.25) is 0 Å². The van der Waals surface area contributed by atoms with E-state index in [1.807, 2.05) is 18.0 Å². The number of thioether (sulfide) groups is 1. The third-order valence-corrected chi connectivity index (χ3v) is 5.30. The second-order valence-corrected chi connectivity index (χ2v) is 6.92. The van der Waals surface area contributed by atoms with Gasteiger partial charge in [-0.25, -0.2) is 0 Å². The molecule has 0 bridgehead atoms. The summed E-state index contributed by atoms with van der Waals surface area (Å²) in [5.74, 6) is 7.33. The van der Waals surface area contributed by atoms with E-state index in [4.69, 9.17) is 5.84 Å². The summed E-state index contributed by atoms with van der Waals surface area (Å²) in [6, 6.07) is 10.9. The van der Waals surface area contributed by atoms with Gasteiger partial charge in [0.05, 0.1) is 0 Å². The molecule has 1 aliphatic rings. The zero-order valence-electron chi connectivity index (χ0n) is 10.9. The number of nitrogens with zero attached hydrogens (tertiary/aromatic N) is 1. The van der Waals surface area contributed by atoms with Gasteiger partial charge in [0, 0.05) is 39.5 Å². The number of benzene rings is 1. The average Bonchev–Trinajstić information content (AvgIpc) is 2.89. The molecule has 2 aromatic rings. The number of hydrogen-bond donors (Lipinski definition) is 2. The van der Waals surface area contributed by atoms with E-state index in [1.165, 1.54) is 16.0 Å². The summed E-state index contributed by atoms with van der Waals surface area (Å²) in [5.41, 5.74) is 5.59. The summed E-state index contributed by atoms with van der Waals surface area (Å²) in [6.45, 7) is 0. The highest BCUT2D eigenvalue weighted by Gasteiger charge is 2.29. The van der Waals surface area contributed by atoms with Crippen LogP contribution in [0.3, 0.4) is 0 Å². The van der Waals surface area contributed by atoms with Crippen LogP contribution in [0.5, 0.6) is 0 Å². The fourth-order valence-corrected chi connectivity index (χ4v) is 4.40.